The van der Waals surface area contributed by atoms with E-state index < -0.39 is 0 Å². The lowest BCUT2D eigenvalue weighted by Gasteiger charge is -2.09. The van der Waals surface area contributed by atoms with Crippen LogP contribution in [0.4, 0.5) is 11.4 Å². The molecule has 0 saturated carbocycles. The zero-order chi connectivity index (χ0) is 17.5. The molecular weight excluding hydrogens is 304 g/mol. The van der Waals surface area contributed by atoms with Crippen molar-refractivity contribution in [1.29, 1.82) is 0 Å². The van der Waals surface area contributed by atoms with E-state index in [4.69, 9.17) is 0 Å². The summed E-state index contributed by atoms with van der Waals surface area (Å²) in [4.78, 5) is 0. The van der Waals surface area contributed by atoms with Crippen molar-refractivity contribution in [2.75, 3.05) is 23.7 Å². The molecule has 2 heteroatoms. The Morgan fingerprint density at radius 1 is 0.680 bits per heavy atom. The molecule has 0 heterocycles. The number of nitrogens with one attached hydrogen (secondary N) is 2. The van der Waals surface area contributed by atoms with Crippen LogP contribution < -0.4 is 10.6 Å². The van der Waals surface area contributed by atoms with E-state index in [9.17, 15) is 0 Å². The van der Waals surface area contributed by atoms with Crippen LogP contribution in [0.5, 0.6) is 0 Å². The maximum Gasteiger partial charge on any atom is 0.0343 e. The van der Waals surface area contributed by atoms with Gasteiger partial charge in [0.1, 0.15) is 0 Å². The molecule has 0 unspecified atom stereocenters. The largest absolute Gasteiger partial charge is 0.385 e. The first-order chi connectivity index (χ1) is 12.3. The highest BCUT2D eigenvalue weighted by molar-refractivity contribution is 5.80. The molecule has 2 aromatic rings. The van der Waals surface area contributed by atoms with Crippen LogP contribution in [0, 0.1) is 0 Å². The Kier molecular flexibility index (Phi) is 6.38. The Morgan fingerprint density at radius 3 is 1.60 bits per heavy atom. The molecule has 2 nitrogen and oxygen atoms in total. The summed E-state index contributed by atoms with van der Waals surface area (Å²) in [6.45, 7) is 6.65. The quantitative estimate of drug-likeness (QED) is 0.415. The lowest BCUT2D eigenvalue weighted by molar-refractivity contribution is 0.744. The predicted molar refractivity (Wildman–Crippen MR) is 111 cm³/mol. The normalized spacial score (nSPS) is 11.9. The maximum atomic E-state index is 3.57. The van der Waals surface area contributed by atoms with Crippen molar-refractivity contribution in [1.82, 2.24) is 0 Å². The van der Waals surface area contributed by atoms with Gasteiger partial charge in [0.05, 0.1) is 0 Å². The second-order valence-electron chi connectivity index (χ2n) is 7.19. The minimum Gasteiger partial charge on any atom is -0.385 e. The second kappa shape index (κ2) is 8.94. The van der Waals surface area contributed by atoms with Crippen LogP contribution in [0.25, 0.3) is 11.1 Å². The van der Waals surface area contributed by atoms with Gasteiger partial charge in [-0.3, -0.25) is 0 Å². The van der Waals surface area contributed by atoms with E-state index in [0.29, 0.717) is 0 Å². The van der Waals surface area contributed by atoms with Gasteiger partial charge in [0.25, 0.3) is 0 Å². The maximum absolute atomic E-state index is 3.57. The van der Waals surface area contributed by atoms with Gasteiger partial charge >= 0.3 is 0 Å². The number of fused-ring (bicyclic) bond motifs is 3. The van der Waals surface area contributed by atoms with Gasteiger partial charge in [0.2, 0.25) is 0 Å². The fourth-order valence-electron chi connectivity index (χ4n) is 3.65. The van der Waals surface area contributed by atoms with Crippen LogP contribution in [0.1, 0.15) is 63.5 Å². The molecule has 2 N–H and O–H groups in total. The smallest absolute Gasteiger partial charge is 0.0343 e. The SMILES string of the molecule is CCCCCNc1ccc2c(c1)Cc1cc(NCCCCC)ccc1-2. The number of hydrogen-bond acceptors (Lipinski definition) is 2. The Morgan fingerprint density at radius 2 is 1.16 bits per heavy atom. The molecule has 0 amide bonds. The molecule has 1 aliphatic carbocycles. The molecule has 0 radical (unpaired) electrons. The molecule has 0 bridgehead atoms. The number of anilines is 2. The van der Waals surface area contributed by atoms with Crippen LogP contribution in [0.2, 0.25) is 0 Å². The minimum absolute atomic E-state index is 1.06. The van der Waals surface area contributed by atoms with E-state index in [2.05, 4.69) is 60.9 Å². The summed E-state index contributed by atoms with van der Waals surface area (Å²) in [5.41, 5.74) is 8.26. The number of hydrogen-bond donors (Lipinski definition) is 2. The summed E-state index contributed by atoms with van der Waals surface area (Å²) in [6, 6.07) is 13.7. The Balaban J connectivity index is 1.63. The highest BCUT2D eigenvalue weighted by Crippen LogP contribution is 2.39. The van der Waals surface area contributed by atoms with Crippen molar-refractivity contribution in [2.45, 2.75) is 58.8 Å². The third-order valence-corrected chi connectivity index (χ3v) is 5.10. The highest BCUT2D eigenvalue weighted by Gasteiger charge is 2.18. The second-order valence-corrected chi connectivity index (χ2v) is 7.19. The molecule has 3 rings (SSSR count). The molecule has 0 atom stereocenters. The molecule has 2 aromatic carbocycles. The Hall–Kier alpha value is -1.96. The predicted octanol–water partition coefficient (Wildman–Crippen LogP) is 6.46. The molecule has 0 saturated heterocycles. The summed E-state index contributed by atoms with van der Waals surface area (Å²) in [7, 11) is 0. The van der Waals surface area contributed by atoms with Gasteiger partial charge in [-0.1, -0.05) is 51.7 Å². The molecule has 0 aromatic heterocycles. The number of rotatable bonds is 10. The number of unbranched alkanes of at least 4 members (excludes halogenated alkanes) is 4. The van der Waals surface area contributed by atoms with Crippen LogP contribution in [-0.4, -0.2) is 13.1 Å². The lowest BCUT2D eigenvalue weighted by Crippen LogP contribution is -2.01. The van der Waals surface area contributed by atoms with E-state index in [0.717, 1.165) is 19.5 Å². The molecular formula is C23H32N2. The zero-order valence-electron chi connectivity index (χ0n) is 15.8. The Bertz CT molecular complexity index is 631. The minimum atomic E-state index is 1.06. The number of benzene rings is 2. The first-order valence-corrected chi connectivity index (χ1v) is 10.1. The first-order valence-electron chi connectivity index (χ1n) is 10.1. The fraction of sp³-hybridized carbons (Fsp3) is 0.478. The van der Waals surface area contributed by atoms with Gasteiger partial charge in [0.15, 0.2) is 0 Å². The third-order valence-electron chi connectivity index (χ3n) is 5.10. The van der Waals surface area contributed by atoms with Crippen molar-refractivity contribution in [3.8, 4) is 11.1 Å². The van der Waals surface area contributed by atoms with Crippen molar-refractivity contribution >= 4 is 11.4 Å². The van der Waals surface area contributed by atoms with Crippen molar-refractivity contribution in [3.05, 3.63) is 47.5 Å². The average Bonchev–Trinajstić information content (AvgIpc) is 2.99. The average molecular weight is 337 g/mol. The van der Waals surface area contributed by atoms with E-state index in [-0.39, 0.29) is 0 Å². The van der Waals surface area contributed by atoms with E-state index in [1.54, 1.807) is 0 Å². The summed E-state index contributed by atoms with van der Waals surface area (Å²) in [6.07, 6.45) is 8.71. The van der Waals surface area contributed by atoms with Crippen LogP contribution in [-0.2, 0) is 6.42 Å². The van der Waals surface area contributed by atoms with Gasteiger partial charge < -0.3 is 10.6 Å². The van der Waals surface area contributed by atoms with Crippen molar-refractivity contribution in [3.63, 3.8) is 0 Å². The monoisotopic (exact) mass is 336 g/mol. The summed E-state index contributed by atoms with van der Waals surface area (Å²) in [5.74, 6) is 0. The van der Waals surface area contributed by atoms with Gasteiger partial charge in [0, 0.05) is 24.5 Å². The highest BCUT2D eigenvalue weighted by atomic mass is 14.9. The topological polar surface area (TPSA) is 24.1 Å². The Labute approximate surface area is 153 Å². The van der Waals surface area contributed by atoms with Gasteiger partial charge in [-0.05, 0) is 65.8 Å². The summed E-state index contributed by atoms with van der Waals surface area (Å²) < 4.78 is 0. The van der Waals surface area contributed by atoms with Crippen LogP contribution >= 0.6 is 0 Å². The van der Waals surface area contributed by atoms with Gasteiger partial charge in [-0.2, -0.15) is 0 Å². The standard InChI is InChI=1S/C23H32N2/c1-3-5-7-13-24-20-9-11-22-18(16-20)15-19-17-21(10-12-23(19)22)25-14-8-6-4-2/h9-12,16-17,24-25H,3-8,13-15H2,1-2H3. The third kappa shape index (κ3) is 4.56. The lowest BCUT2D eigenvalue weighted by atomic mass is 10.0. The van der Waals surface area contributed by atoms with Crippen molar-refractivity contribution in [2.24, 2.45) is 0 Å². The molecule has 0 spiro atoms. The zero-order valence-corrected chi connectivity index (χ0v) is 15.8. The molecule has 1 aliphatic rings. The first kappa shape index (κ1) is 17.8. The molecule has 134 valence electrons. The molecule has 0 fully saturated rings. The van der Waals surface area contributed by atoms with Crippen molar-refractivity contribution < 1.29 is 0 Å². The molecule has 25 heavy (non-hydrogen) atoms. The van der Waals surface area contributed by atoms with E-state index in [1.165, 1.54) is 72.2 Å². The van der Waals surface area contributed by atoms with E-state index in [1.807, 2.05) is 0 Å². The summed E-state index contributed by atoms with van der Waals surface area (Å²) in [5, 5.41) is 7.15. The van der Waals surface area contributed by atoms with Crippen LogP contribution in [0.15, 0.2) is 36.4 Å². The van der Waals surface area contributed by atoms with Gasteiger partial charge in [-0.15, -0.1) is 0 Å². The summed E-state index contributed by atoms with van der Waals surface area (Å²) >= 11 is 0. The fourth-order valence-corrected chi connectivity index (χ4v) is 3.65. The van der Waals surface area contributed by atoms with E-state index >= 15 is 0 Å². The molecule has 0 aliphatic heterocycles. The van der Waals surface area contributed by atoms with Crippen LogP contribution in [0.3, 0.4) is 0 Å². The van der Waals surface area contributed by atoms with Gasteiger partial charge in [-0.25, -0.2) is 0 Å².